The smallest absolute Gasteiger partial charge is 0.341 e. The highest BCUT2D eigenvalue weighted by atomic mass is 32.2. The van der Waals surface area contributed by atoms with Gasteiger partial charge in [0.1, 0.15) is 0 Å². The number of hydrogen-bond acceptors (Lipinski definition) is 8. The average molecular weight is 324 g/mol. The quantitative estimate of drug-likeness (QED) is 0.492. The van der Waals surface area contributed by atoms with Crippen molar-refractivity contribution in [3.8, 4) is 0 Å². The van der Waals surface area contributed by atoms with Crippen LogP contribution in [0.3, 0.4) is 0 Å². The summed E-state index contributed by atoms with van der Waals surface area (Å²) >= 11 is 1.24. The minimum absolute atomic E-state index is 0.168. The number of hydrogen-bond donors (Lipinski definition) is 1. The molecule has 1 aliphatic rings. The Morgan fingerprint density at radius 1 is 1.05 bits per heavy atom. The average Bonchev–Trinajstić information content (AvgIpc) is 2.60. The van der Waals surface area contributed by atoms with Gasteiger partial charge < -0.3 is 5.32 Å². The Morgan fingerprint density at radius 2 is 1.68 bits per heavy atom. The number of rotatable bonds is 3. The van der Waals surface area contributed by atoms with E-state index in [0.717, 1.165) is 4.90 Å². The summed E-state index contributed by atoms with van der Waals surface area (Å²) in [5.41, 5.74) is -0.320. The van der Waals surface area contributed by atoms with E-state index in [9.17, 15) is 14.4 Å². The SMILES string of the molecule is CSc1nc(NC(C)(C)C)nc(N2C(=O)C(=O)N(C)C2=O)n1. The zero-order valence-corrected chi connectivity index (χ0v) is 13.7. The Hall–Kier alpha value is -2.23. The van der Waals surface area contributed by atoms with Crippen molar-refractivity contribution in [3.63, 3.8) is 0 Å². The van der Waals surface area contributed by atoms with Crippen LogP contribution >= 0.6 is 11.8 Å². The lowest BCUT2D eigenvalue weighted by Gasteiger charge is -2.21. The Bertz CT molecular complexity index is 657. The molecule has 0 saturated carbocycles. The first kappa shape index (κ1) is 16.1. The molecule has 0 bridgehead atoms. The molecule has 4 amide bonds. The minimum Gasteiger partial charge on any atom is -0.349 e. The first-order chi connectivity index (χ1) is 10.1. The highest BCUT2D eigenvalue weighted by molar-refractivity contribution is 7.98. The van der Waals surface area contributed by atoms with Crippen LogP contribution in [0.25, 0.3) is 0 Å². The Morgan fingerprint density at radius 3 is 2.14 bits per heavy atom. The molecule has 1 aromatic rings. The van der Waals surface area contributed by atoms with Gasteiger partial charge in [-0.05, 0) is 27.0 Å². The summed E-state index contributed by atoms with van der Waals surface area (Å²) in [6, 6.07) is -0.782. The zero-order valence-electron chi connectivity index (χ0n) is 12.9. The van der Waals surface area contributed by atoms with Crippen LogP contribution in [0.1, 0.15) is 20.8 Å². The number of nitrogens with zero attached hydrogens (tertiary/aromatic N) is 5. The largest absolute Gasteiger partial charge is 0.349 e. The molecule has 0 spiro atoms. The Kier molecular flexibility index (Phi) is 4.05. The maximum Gasteiger partial charge on any atom is 0.341 e. The summed E-state index contributed by atoms with van der Waals surface area (Å²) in [6.07, 6.45) is 1.75. The van der Waals surface area contributed by atoms with E-state index >= 15 is 0 Å². The molecule has 22 heavy (non-hydrogen) atoms. The third-order valence-corrected chi connectivity index (χ3v) is 3.19. The van der Waals surface area contributed by atoms with Crippen LogP contribution in [0, 0.1) is 0 Å². The van der Waals surface area contributed by atoms with Gasteiger partial charge in [-0.3, -0.25) is 14.5 Å². The Balaban J connectivity index is 2.47. The lowest BCUT2D eigenvalue weighted by molar-refractivity contribution is -0.138. The van der Waals surface area contributed by atoms with Crippen LogP contribution < -0.4 is 10.2 Å². The van der Waals surface area contributed by atoms with Crippen molar-refractivity contribution < 1.29 is 14.4 Å². The molecule has 1 fully saturated rings. The molecular weight excluding hydrogens is 308 g/mol. The zero-order chi connectivity index (χ0) is 16.7. The summed E-state index contributed by atoms with van der Waals surface area (Å²) in [6.45, 7) is 5.75. The van der Waals surface area contributed by atoms with E-state index in [-0.39, 0.29) is 17.4 Å². The van der Waals surface area contributed by atoms with Gasteiger partial charge in [-0.2, -0.15) is 19.9 Å². The van der Waals surface area contributed by atoms with E-state index in [1.165, 1.54) is 18.8 Å². The predicted molar refractivity (Wildman–Crippen MR) is 80.6 cm³/mol. The lowest BCUT2D eigenvalue weighted by Crippen LogP contribution is -2.34. The van der Waals surface area contributed by atoms with Gasteiger partial charge in [-0.1, -0.05) is 11.8 Å². The number of imide groups is 2. The van der Waals surface area contributed by atoms with Gasteiger partial charge >= 0.3 is 17.8 Å². The number of carbonyl (C=O) groups is 3. The summed E-state index contributed by atoms with van der Waals surface area (Å²) in [5, 5.41) is 3.38. The fourth-order valence-corrected chi connectivity index (χ4v) is 2.02. The van der Waals surface area contributed by atoms with Crippen molar-refractivity contribution in [1.29, 1.82) is 0 Å². The van der Waals surface area contributed by atoms with Gasteiger partial charge in [0.15, 0.2) is 5.16 Å². The van der Waals surface area contributed by atoms with E-state index in [1.54, 1.807) is 6.26 Å². The molecule has 2 heterocycles. The van der Waals surface area contributed by atoms with Gasteiger partial charge in [0.2, 0.25) is 11.9 Å². The molecule has 1 N–H and O–H groups in total. The molecule has 0 atom stereocenters. The molecule has 118 valence electrons. The van der Waals surface area contributed by atoms with Crippen LogP contribution in [0.15, 0.2) is 5.16 Å². The molecular formula is C12H16N6O3S. The molecule has 0 radical (unpaired) electrons. The first-order valence-electron chi connectivity index (χ1n) is 6.38. The fraction of sp³-hybridized carbons (Fsp3) is 0.500. The molecule has 0 aliphatic carbocycles. The molecule has 10 heteroatoms. The van der Waals surface area contributed by atoms with E-state index in [2.05, 4.69) is 20.3 Å². The summed E-state index contributed by atoms with van der Waals surface area (Å²) in [5.74, 6) is -1.84. The van der Waals surface area contributed by atoms with Crippen LogP contribution in [0.4, 0.5) is 16.7 Å². The molecule has 1 aliphatic heterocycles. The molecule has 0 aromatic carbocycles. The van der Waals surface area contributed by atoms with Gasteiger partial charge in [-0.15, -0.1) is 0 Å². The highest BCUT2D eigenvalue weighted by Crippen LogP contribution is 2.22. The van der Waals surface area contributed by atoms with Crippen molar-refractivity contribution in [3.05, 3.63) is 0 Å². The number of amides is 4. The number of anilines is 2. The second-order valence-corrected chi connectivity index (χ2v) is 6.38. The minimum atomic E-state index is -0.979. The van der Waals surface area contributed by atoms with Crippen molar-refractivity contribution >= 4 is 41.5 Å². The molecule has 0 unspecified atom stereocenters. The van der Waals surface area contributed by atoms with Crippen LogP contribution in [0.2, 0.25) is 0 Å². The van der Waals surface area contributed by atoms with Crippen molar-refractivity contribution in [2.24, 2.45) is 0 Å². The normalized spacial score (nSPS) is 15.8. The van der Waals surface area contributed by atoms with Gasteiger partial charge in [0.25, 0.3) is 0 Å². The van der Waals surface area contributed by atoms with E-state index in [0.29, 0.717) is 10.1 Å². The number of nitrogens with one attached hydrogen (secondary N) is 1. The predicted octanol–water partition coefficient (Wildman–Crippen LogP) is 0.729. The van der Waals surface area contributed by atoms with E-state index < -0.39 is 17.8 Å². The number of carbonyl (C=O) groups excluding carboxylic acids is 3. The lowest BCUT2D eigenvalue weighted by atomic mass is 10.1. The molecule has 1 aromatic heterocycles. The second-order valence-electron chi connectivity index (χ2n) is 5.61. The second kappa shape index (κ2) is 5.52. The van der Waals surface area contributed by atoms with Crippen LogP contribution in [0.5, 0.6) is 0 Å². The van der Waals surface area contributed by atoms with Gasteiger partial charge in [-0.25, -0.2) is 4.79 Å². The summed E-state index contributed by atoms with van der Waals surface area (Å²) in [4.78, 5) is 49.2. The monoisotopic (exact) mass is 324 g/mol. The third kappa shape index (κ3) is 3.01. The van der Waals surface area contributed by atoms with Crippen LogP contribution in [-0.4, -0.2) is 56.5 Å². The highest BCUT2D eigenvalue weighted by Gasteiger charge is 2.45. The molecule has 9 nitrogen and oxygen atoms in total. The number of likely N-dealkylation sites (N-methyl/N-ethyl adjacent to an activating group) is 1. The molecule has 1 saturated heterocycles. The topological polar surface area (TPSA) is 108 Å². The first-order valence-corrected chi connectivity index (χ1v) is 7.61. The van der Waals surface area contributed by atoms with Crippen molar-refractivity contribution in [2.45, 2.75) is 31.5 Å². The van der Waals surface area contributed by atoms with Crippen molar-refractivity contribution in [2.75, 3.05) is 23.5 Å². The third-order valence-electron chi connectivity index (χ3n) is 2.64. The van der Waals surface area contributed by atoms with E-state index in [1.807, 2.05) is 20.8 Å². The Labute approximate surface area is 131 Å². The van der Waals surface area contributed by atoms with Crippen molar-refractivity contribution in [1.82, 2.24) is 19.9 Å². The number of aromatic nitrogens is 3. The van der Waals surface area contributed by atoms with Crippen LogP contribution in [-0.2, 0) is 9.59 Å². The van der Waals surface area contributed by atoms with Gasteiger partial charge in [0.05, 0.1) is 0 Å². The molecule has 2 rings (SSSR count). The fourth-order valence-electron chi connectivity index (χ4n) is 1.67. The van der Waals surface area contributed by atoms with E-state index in [4.69, 9.17) is 0 Å². The summed E-state index contributed by atoms with van der Waals surface area (Å²) < 4.78 is 0. The summed E-state index contributed by atoms with van der Waals surface area (Å²) in [7, 11) is 1.23. The number of urea groups is 1. The maximum atomic E-state index is 12.0. The maximum absolute atomic E-state index is 12.0. The van der Waals surface area contributed by atoms with Gasteiger partial charge in [0, 0.05) is 12.6 Å². The number of thioether (sulfide) groups is 1. The standard InChI is InChI=1S/C12H16N6O3S/c1-12(2,3)16-8-13-9(15-10(14-8)22-5)18-7(20)6(19)17(4)11(18)21/h1-5H3,(H,13,14,15,16).